The molecule has 8 heteroatoms. The average Bonchev–Trinajstić information content (AvgIpc) is 2.48. The first kappa shape index (κ1) is 14.6. The Labute approximate surface area is 121 Å². The lowest BCUT2D eigenvalue weighted by molar-refractivity contribution is -0.117. The fourth-order valence-corrected chi connectivity index (χ4v) is 1.63. The topological polar surface area (TPSA) is 111 Å². The van der Waals surface area contributed by atoms with Crippen LogP contribution in [0.5, 0.6) is 0 Å². The molecule has 2 aromatic rings. The van der Waals surface area contributed by atoms with Crippen LogP contribution in [0.4, 0.5) is 5.69 Å². The summed E-state index contributed by atoms with van der Waals surface area (Å²) < 4.78 is 0. The molecule has 0 bridgehead atoms. The number of carbonyl (C=O) groups excluding carboxylic acids is 2. The molecular weight excluding hydrogens is 272 g/mol. The molecule has 1 N–H and O–H groups in total. The molecule has 2 heterocycles. The molecule has 8 nitrogen and oxygen atoms in total. The van der Waals surface area contributed by atoms with Crippen molar-refractivity contribution >= 4 is 17.4 Å². The van der Waals surface area contributed by atoms with E-state index in [1.54, 1.807) is 12.1 Å². The number of hydrogen-bond acceptors (Lipinski definition) is 7. The second-order valence-electron chi connectivity index (χ2n) is 4.41. The second-order valence-corrected chi connectivity index (χ2v) is 4.41. The first-order valence-corrected chi connectivity index (χ1v) is 6.41. The van der Waals surface area contributed by atoms with Gasteiger partial charge < -0.3 is 10.1 Å². The quantitative estimate of drug-likeness (QED) is 0.844. The van der Waals surface area contributed by atoms with E-state index in [1.165, 1.54) is 19.4 Å². The van der Waals surface area contributed by atoms with Crippen LogP contribution in [0.1, 0.15) is 26.2 Å². The van der Waals surface area contributed by atoms with Crippen molar-refractivity contribution in [2.75, 3.05) is 5.32 Å². The van der Waals surface area contributed by atoms with E-state index in [-0.39, 0.29) is 11.7 Å². The Kier molecular flexibility index (Phi) is 4.97. The van der Waals surface area contributed by atoms with E-state index in [0.717, 1.165) is 0 Å². The number of ketones is 1. The number of Topliss-reactive ketones (excluding diaryl/α,β-unsaturated/α-hetero) is 1. The molecule has 2 rings (SSSR count). The van der Waals surface area contributed by atoms with Crippen LogP contribution >= 0.6 is 0 Å². The van der Waals surface area contributed by atoms with Gasteiger partial charge in [0, 0.05) is 12.8 Å². The highest BCUT2D eigenvalue weighted by atomic mass is 16.1. The molecule has 0 aromatic carbocycles. The molecule has 0 saturated carbocycles. The van der Waals surface area contributed by atoms with Crippen molar-refractivity contribution in [3.8, 4) is 11.5 Å². The van der Waals surface area contributed by atoms with Gasteiger partial charge >= 0.3 is 0 Å². The van der Waals surface area contributed by atoms with Crippen molar-refractivity contribution in [1.29, 1.82) is 0 Å². The van der Waals surface area contributed by atoms with Crippen molar-refractivity contribution in [3.63, 3.8) is 0 Å². The van der Waals surface area contributed by atoms with Gasteiger partial charge in [0.25, 0.3) is 0 Å². The third kappa shape index (κ3) is 4.68. The zero-order chi connectivity index (χ0) is 15.1. The minimum Gasteiger partial charge on any atom is -0.325 e. The maximum atomic E-state index is 11.7. The van der Waals surface area contributed by atoms with Crippen LogP contribution in [0.25, 0.3) is 11.5 Å². The van der Waals surface area contributed by atoms with E-state index >= 15 is 0 Å². The number of hydrogen-bond donors (Lipinski definition) is 1. The number of pyridine rings is 1. The van der Waals surface area contributed by atoms with Crippen molar-refractivity contribution in [2.24, 2.45) is 0 Å². The van der Waals surface area contributed by atoms with Crippen LogP contribution in [0, 0.1) is 0 Å². The van der Waals surface area contributed by atoms with Gasteiger partial charge in [-0.2, -0.15) is 0 Å². The molecule has 0 aliphatic carbocycles. The minimum absolute atomic E-state index is 0.0823. The molecular formula is C13H14N6O2. The SMILES string of the molecule is CC(=O)CCCC(=O)Nc1ccc(-c2nncnn2)nc1. The largest absolute Gasteiger partial charge is 0.325 e. The lowest BCUT2D eigenvalue weighted by Crippen LogP contribution is -2.11. The summed E-state index contributed by atoms with van der Waals surface area (Å²) in [4.78, 5) is 26.6. The molecule has 0 spiro atoms. The fourth-order valence-electron chi connectivity index (χ4n) is 1.63. The second kappa shape index (κ2) is 7.13. The van der Waals surface area contributed by atoms with Gasteiger partial charge in [-0.3, -0.25) is 9.78 Å². The van der Waals surface area contributed by atoms with Gasteiger partial charge in [0.15, 0.2) is 6.33 Å². The normalized spacial score (nSPS) is 10.1. The predicted molar refractivity (Wildman–Crippen MR) is 74.0 cm³/mol. The lowest BCUT2D eigenvalue weighted by atomic mass is 10.2. The number of nitrogens with one attached hydrogen (secondary N) is 1. The van der Waals surface area contributed by atoms with Crippen LogP contribution < -0.4 is 5.32 Å². The molecule has 0 aliphatic rings. The Balaban J connectivity index is 1.91. The van der Waals surface area contributed by atoms with E-state index in [1.807, 2.05) is 0 Å². The highest BCUT2D eigenvalue weighted by molar-refractivity contribution is 5.90. The molecule has 0 unspecified atom stereocenters. The van der Waals surface area contributed by atoms with Gasteiger partial charge in [-0.25, -0.2) is 0 Å². The molecule has 0 atom stereocenters. The average molecular weight is 286 g/mol. The molecule has 0 saturated heterocycles. The van der Waals surface area contributed by atoms with Crippen molar-refractivity contribution in [3.05, 3.63) is 24.7 Å². The van der Waals surface area contributed by atoms with E-state index in [2.05, 4.69) is 30.7 Å². The van der Waals surface area contributed by atoms with Crippen molar-refractivity contribution in [1.82, 2.24) is 25.4 Å². The van der Waals surface area contributed by atoms with Gasteiger partial charge in [-0.1, -0.05) is 0 Å². The lowest BCUT2D eigenvalue weighted by Gasteiger charge is -2.05. The number of amides is 1. The van der Waals surface area contributed by atoms with Gasteiger partial charge in [0.05, 0.1) is 11.9 Å². The first-order valence-electron chi connectivity index (χ1n) is 6.41. The number of rotatable bonds is 6. The van der Waals surface area contributed by atoms with E-state index < -0.39 is 0 Å². The van der Waals surface area contributed by atoms with Crippen molar-refractivity contribution < 1.29 is 9.59 Å². The van der Waals surface area contributed by atoms with Gasteiger partial charge in [-0.05, 0) is 25.5 Å². The van der Waals surface area contributed by atoms with Crippen LogP contribution in [-0.4, -0.2) is 37.1 Å². The van der Waals surface area contributed by atoms with Crippen LogP contribution in [-0.2, 0) is 9.59 Å². The summed E-state index contributed by atoms with van der Waals surface area (Å²) in [6.45, 7) is 1.51. The summed E-state index contributed by atoms with van der Waals surface area (Å²) in [5.74, 6) is 0.251. The zero-order valence-electron chi connectivity index (χ0n) is 11.5. The number of carbonyl (C=O) groups is 2. The van der Waals surface area contributed by atoms with Crippen LogP contribution in [0.2, 0.25) is 0 Å². The van der Waals surface area contributed by atoms with Gasteiger partial charge in [0.1, 0.15) is 11.5 Å². The van der Waals surface area contributed by atoms with Crippen LogP contribution in [0.15, 0.2) is 24.7 Å². The van der Waals surface area contributed by atoms with E-state index in [9.17, 15) is 9.59 Å². The Hall–Kier alpha value is -2.77. The molecule has 21 heavy (non-hydrogen) atoms. The fraction of sp³-hybridized carbons (Fsp3) is 0.308. The number of aromatic nitrogens is 5. The summed E-state index contributed by atoms with van der Waals surface area (Å²) in [6, 6.07) is 3.37. The Morgan fingerprint density at radius 2 is 1.90 bits per heavy atom. The Morgan fingerprint density at radius 3 is 2.52 bits per heavy atom. The summed E-state index contributed by atoms with van der Waals surface area (Å²) >= 11 is 0. The summed E-state index contributed by atoms with van der Waals surface area (Å²) in [5.41, 5.74) is 1.09. The number of anilines is 1. The highest BCUT2D eigenvalue weighted by Crippen LogP contribution is 2.13. The van der Waals surface area contributed by atoms with Crippen LogP contribution in [0.3, 0.4) is 0 Å². The molecule has 0 radical (unpaired) electrons. The summed E-state index contributed by atoms with van der Waals surface area (Å²) in [6.07, 6.45) is 4.00. The standard InChI is InChI=1S/C13H14N6O2/c1-9(20)3-2-4-12(21)17-10-5-6-11(14-7-10)13-18-15-8-16-19-13/h5-8H,2-4H2,1H3,(H,17,21). The Morgan fingerprint density at radius 1 is 1.14 bits per heavy atom. The molecule has 0 fully saturated rings. The highest BCUT2D eigenvalue weighted by Gasteiger charge is 2.06. The van der Waals surface area contributed by atoms with Gasteiger partial charge in [0.2, 0.25) is 11.7 Å². The predicted octanol–water partition coefficient (Wildman–Crippen LogP) is 1.03. The smallest absolute Gasteiger partial charge is 0.224 e. The maximum Gasteiger partial charge on any atom is 0.224 e. The number of nitrogens with zero attached hydrogens (tertiary/aromatic N) is 5. The summed E-state index contributed by atoms with van der Waals surface area (Å²) in [7, 11) is 0. The third-order valence-electron chi connectivity index (χ3n) is 2.62. The van der Waals surface area contributed by atoms with E-state index in [0.29, 0.717) is 36.5 Å². The molecule has 108 valence electrons. The Bertz CT molecular complexity index is 614. The summed E-state index contributed by atoms with van der Waals surface area (Å²) in [5, 5.41) is 17.5. The zero-order valence-corrected chi connectivity index (χ0v) is 11.5. The van der Waals surface area contributed by atoms with Gasteiger partial charge in [-0.15, -0.1) is 20.4 Å². The maximum absolute atomic E-state index is 11.7. The van der Waals surface area contributed by atoms with Crippen molar-refractivity contribution in [2.45, 2.75) is 26.2 Å². The molecule has 0 aliphatic heterocycles. The molecule has 2 aromatic heterocycles. The monoisotopic (exact) mass is 286 g/mol. The third-order valence-corrected chi connectivity index (χ3v) is 2.62. The van der Waals surface area contributed by atoms with E-state index in [4.69, 9.17) is 0 Å². The molecule has 1 amide bonds. The minimum atomic E-state index is -0.148. The first-order chi connectivity index (χ1) is 10.1.